The fourth-order valence-electron chi connectivity index (χ4n) is 5.86. The Hall–Kier alpha value is -2.80. The molecular weight excluding hydrogens is 597 g/mol. The van der Waals surface area contributed by atoms with Gasteiger partial charge < -0.3 is 24.4 Å². The lowest BCUT2D eigenvalue weighted by molar-refractivity contribution is -0.122. The molecule has 3 aliphatic rings. The molecule has 5 rings (SSSR count). The predicted octanol–water partition coefficient (Wildman–Crippen LogP) is 3.46. The monoisotopic (exact) mass is 633 g/mol. The Morgan fingerprint density at radius 3 is 2.56 bits per heavy atom. The van der Waals surface area contributed by atoms with Crippen molar-refractivity contribution in [1.82, 2.24) is 19.7 Å². The van der Waals surface area contributed by atoms with Gasteiger partial charge in [0.25, 0.3) is 0 Å². The molecule has 2 fully saturated rings. The van der Waals surface area contributed by atoms with Crippen LogP contribution in [-0.2, 0) is 16.0 Å². The quantitative estimate of drug-likeness (QED) is 0.483. The summed E-state index contributed by atoms with van der Waals surface area (Å²) in [6.45, 7) is 9.91. The number of carboxylic acid groups (broad SMARTS) is 1. The summed E-state index contributed by atoms with van der Waals surface area (Å²) in [6.07, 6.45) is -0.681. The number of benzene rings is 1. The Balaban J connectivity index is 1.38. The van der Waals surface area contributed by atoms with E-state index in [1.165, 1.54) is 17.0 Å². The molecule has 0 bridgehead atoms. The van der Waals surface area contributed by atoms with Crippen LogP contribution in [0.3, 0.4) is 0 Å². The predicted molar refractivity (Wildman–Crippen MR) is 155 cm³/mol. The first-order chi connectivity index (χ1) is 19.6. The van der Waals surface area contributed by atoms with Gasteiger partial charge in [-0.25, -0.2) is 14.2 Å². The number of rotatable bonds is 6. The standard InChI is InChI=1S/C29H37BrFN5O5/c1-18-12-34(24(15-35(18)29(38)39)14-33-8-9-40-17-19(33)2)16-26(37)36-13-20(3)41-28-25(36)11-22(27(30)32-28)10-21-4-6-23(31)7-5-21/h4-7,11,18-20,24H,8-10,12-17H2,1-3H3,(H,38,39)/t18-,19?,20?,24+/m1/s1. The van der Waals surface area contributed by atoms with Gasteiger partial charge in [-0.2, -0.15) is 0 Å². The Morgan fingerprint density at radius 1 is 1.10 bits per heavy atom. The van der Waals surface area contributed by atoms with Crippen molar-refractivity contribution in [1.29, 1.82) is 0 Å². The van der Waals surface area contributed by atoms with Crippen LogP contribution in [0.2, 0.25) is 0 Å². The number of carbonyl (C=O) groups is 2. The highest BCUT2D eigenvalue weighted by molar-refractivity contribution is 9.10. The van der Waals surface area contributed by atoms with Crippen LogP contribution >= 0.6 is 15.9 Å². The molecule has 10 nitrogen and oxygen atoms in total. The second kappa shape index (κ2) is 12.6. The average Bonchev–Trinajstić information content (AvgIpc) is 2.92. The summed E-state index contributed by atoms with van der Waals surface area (Å²) in [4.78, 5) is 38.2. The van der Waals surface area contributed by atoms with Gasteiger partial charge in [0.05, 0.1) is 26.3 Å². The lowest BCUT2D eigenvalue weighted by atomic mass is 10.0. The molecule has 2 amide bonds. The van der Waals surface area contributed by atoms with Crippen molar-refractivity contribution in [2.45, 2.75) is 51.4 Å². The molecule has 4 atom stereocenters. The molecule has 41 heavy (non-hydrogen) atoms. The molecule has 2 unspecified atom stereocenters. The third kappa shape index (κ3) is 6.82. The van der Waals surface area contributed by atoms with Gasteiger partial charge in [-0.3, -0.25) is 14.6 Å². The van der Waals surface area contributed by atoms with Crippen LogP contribution in [-0.4, -0.2) is 114 Å². The highest BCUT2D eigenvalue weighted by Gasteiger charge is 2.39. The van der Waals surface area contributed by atoms with Crippen LogP contribution in [0.5, 0.6) is 5.88 Å². The van der Waals surface area contributed by atoms with E-state index in [1.54, 1.807) is 17.0 Å². The molecule has 1 aromatic carbocycles. The Morgan fingerprint density at radius 2 is 1.85 bits per heavy atom. The minimum Gasteiger partial charge on any atom is -0.471 e. The average molecular weight is 635 g/mol. The lowest BCUT2D eigenvalue weighted by Gasteiger charge is -2.47. The molecule has 0 spiro atoms. The maximum atomic E-state index is 14.0. The molecule has 2 aromatic rings. The zero-order valence-electron chi connectivity index (χ0n) is 23.6. The fourth-order valence-corrected chi connectivity index (χ4v) is 6.27. The van der Waals surface area contributed by atoms with E-state index in [1.807, 2.05) is 19.9 Å². The van der Waals surface area contributed by atoms with Gasteiger partial charge in [0.1, 0.15) is 22.2 Å². The van der Waals surface area contributed by atoms with Crippen LogP contribution in [0.15, 0.2) is 34.9 Å². The number of ether oxygens (including phenoxy) is 2. The van der Waals surface area contributed by atoms with Crippen molar-refractivity contribution in [3.05, 3.63) is 51.9 Å². The van der Waals surface area contributed by atoms with Gasteiger partial charge in [-0.1, -0.05) is 12.1 Å². The van der Waals surface area contributed by atoms with Crippen LogP contribution in [0.1, 0.15) is 31.9 Å². The van der Waals surface area contributed by atoms with Crippen molar-refractivity contribution in [2.75, 3.05) is 57.4 Å². The van der Waals surface area contributed by atoms with E-state index in [9.17, 15) is 19.1 Å². The number of nitrogens with zero attached hydrogens (tertiary/aromatic N) is 5. The summed E-state index contributed by atoms with van der Waals surface area (Å²) in [5.74, 6) is -0.000674. The summed E-state index contributed by atoms with van der Waals surface area (Å²) in [7, 11) is 0. The largest absolute Gasteiger partial charge is 0.471 e. The molecule has 0 aliphatic carbocycles. The van der Waals surface area contributed by atoms with Crippen LogP contribution in [0.4, 0.5) is 14.9 Å². The van der Waals surface area contributed by atoms with Crippen molar-refractivity contribution in [2.24, 2.45) is 0 Å². The van der Waals surface area contributed by atoms with E-state index in [2.05, 4.69) is 37.6 Å². The molecule has 4 heterocycles. The summed E-state index contributed by atoms with van der Waals surface area (Å²) in [5, 5.41) is 9.82. The van der Waals surface area contributed by atoms with Crippen LogP contribution in [0, 0.1) is 5.82 Å². The second-order valence-corrected chi connectivity index (χ2v) is 12.0. The molecular formula is C29H37BrFN5O5. The van der Waals surface area contributed by atoms with Gasteiger partial charge in [0.2, 0.25) is 11.8 Å². The summed E-state index contributed by atoms with van der Waals surface area (Å²) in [6, 6.07) is 8.07. The van der Waals surface area contributed by atoms with E-state index in [0.717, 1.165) is 17.7 Å². The maximum Gasteiger partial charge on any atom is 0.407 e. The third-order valence-electron chi connectivity index (χ3n) is 8.14. The van der Waals surface area contributed by atoms with Gasteiger partial charge in [0, 0.05) is 50.7 Å². The molecule has 3 aliphatic heterocycles. The van der Waals surface area contributed by atoms with Crippen molar-refractivity contribution < 1.29 is 28.6 Å². The molecule has 12 heteroatoms. The Bertz CT molecular complexity index is 1270. The Labute approximate surface area is 248 Å². The minimum atomic E-state index is -0.940. The number of morpholine rings is 1. The van der Waals surface area contributed by atoms with E-state index < -0.39 is 6.09 Å². The van der Waals surface area contributed by atoms with Crippen molar-refractivity contribution in [3.8, 4) is 5.88 Å². The maximum absolute atomic E-state index is 14.0. The van der Waals surface area contributed by atoms with Gasteiger partial charge in [0.15, 0.2) is 0 Å². The second-order valence-electron chi connectivity index (χ2n) is 11.3. The lowest BCUT2D eigenvalue weighted by Crippen LogP contribution is -2.64. The molecule has 2 saturated heterocycles. The van der Waals surface area contributed by atoms with E-state index in [0.29, 0.717) is 62.0 Å². The number of hydrogen-bond acceptors (Lipinski definition) is 7. The van der Waals surface area contributed by atoms with Crippen LogP contribution in [0.25, 0.3) is 0 Å². The number of anilines is 1. The van der Waals surface area contributed by atoms with Crippen molar-refractivity contribution >= 4 is 33.6 Å². The van der Waals surface area contributed by atoms with Gasteiger partial charge in [-0.15, -0.1) is 0 Å². The number of carbonyl (C=O) groups excluding carboxylic acids is 1. The number of pyridine rings is 1. The number of amides is 2. The first-order valence-corrected chi connectivity index (χ1v) is 14.8. The van der Waals surface area contributed by atoms with E-state index >= 15 is 0 Å². The first kappa shape index (κ1) is 29.7. The topological polar surface area (TPSA) is 98.7 Å². The highest BCUT2D eigenvalue weighted by atomic mass is 79.9. The number of piperazine rings is 1. The Kier molecular flexibility index (Phi) is 9.12. The first-order valence-electron chi connectivity index (χ1n) is 14.0. The molecule has 222 valence electrons. The van der Waals surface area contributed by atoms with Gasteiger partial charge >= 0.3 is 6.09 Å². The number of halogens is 2. The zero-order valence-corrected chi connectivity index (χ0v) is 25.2. The van der Waals surface area contributed by atoms with Crippen molar-refractivity contribution in [3.63, 3.8) is 0 Å². The number of fused-ring (bicyclic) bond motifs is 1. The third-order valence-corrected chi connectivity index (χ3v) is 8.82. The fraction of sp³-hybridized carbons (Fsp3) is 0.552. The molecule has 1 aromatic heterocycles. The summed E-state index contributed by atoms with van der Waals surface area (Å²) < 4.78 is 25.6. The molecule has 0 radical (unpaired) electrons. The molecule has 0 saturated carbocycles. The summed E-state index contributed by atoms with van der Waals surface area (Å²) >= 11 is 3.54. The van der Waals surface area contributed by atoms with Gasteiger partial charge in [-0.05, 0) is 66.0 Å². The SMILES string of the molecule is CC1CN(C(=O)CN2C[C@@H](C)N(C(=O)O)C[C@@H]2CN2CCOCC2C)c2cc(Cc3ccc(F)cc3)c(Br)nc2O1. The van der Waals surface area contributed by atoms with E-state index in [4.69, 9.17) is 9.47 Å². The van der Waals surface area contributed by atoms with E-state index in [-0.39, 0.29) is 42.5 Å². The summed E-state index contributed by atoms with van der Waals surface area (Å²) in [5.41, 5.74) is 2.38. The molecule has 1 N–H and O–H groups in total. The number of aromatic nitrogens is 1. The smallest absolute Gasteiger partial charge is 0.407 e. The minimum absolute atomic E-state index is 0.0887. The van der Waals surface area contributed by atoms with Crippen LogP contribution < -0.4 is 9.64 Å². The number of hydrogen-bond donors (Lipinski definition) is 1. The normalized spacial score (nSPS) is 25.5. The zero-order chi connectivity index (χ0) is 29.3. The highest BCUT2D eigenvalue weighted by Crippen LogP contribution is 2.36.